The molecule has 1 saturated heterocycles. The second-order valence-corrected chi connectivity index (χ2v) is 6.70. The first-order chi connectivity index (χ1) is 7.85. The molecule has 7 heteroatoms. The maximum atomic E-state index is 5.89. The summed E-state index contributed by atoms with van der Waals surface area (Å²) in [5.74, 6) is 0.409. The number of hydrogen-bond acceptors (Lipinski definition) is 3. The predicted molar refractivity (Wildman–Crippen MR) is 68.3 cm³/mol. The van der Waals surface area contributed by atoms with E-state index in [2.05, 4.69) is 4.98 Å². The average Bonchev–Trinajstić information content (AvgIpc) is 2.95. The largest absolute Gasteiger partial charge is 0.481 e. The molecule has 3 nitrogen and oxygen atoms in total. The highest BCUT2D eigenvalue weighted by molar-refractivity contribution is 6.67. The zero-order valence-corrected chi connectivity index (χ0v) is 11.9. The minimum atomic E-state index is -1.38. The van der Waals surface area contributed by atoms with Gasteiger partial charge < -0.3 is 9.47 Å². The van der Waals surface area contributed by atoms with Gasteiger partial charge >= 0.3 is 0 Å². The summed E-state index contributed by atoms with van der Waals surface area (Å²) in [4.78, 5) is 3.98. The van der Waals surface area contributed by atoms with Gasteiger partial charge in [0, 0.05) is 12.5 Å². The highest BCUT2D eigenvalue weighted by atomic mass is 35.6. The maximum absolute atomic E-state index is 5.89. The Morgan fingerprint density at radius 2 is 2.12 bits per heavy atom. The summed E-state index contributed by atoms with van der Waals surface area (Å²) >= 11 is 23.3. The Labute approximate surface area is 119 Å². The molecule has 2 heterocycles. The molecule has 1 aromatic rings. The van der Waals surface area contributed by atoms with Crippen LogP contribution in [0, 0.1) is 0 Å². The molecule has 1 fully saturated rings. The van der Waals surface area contributed by atoms with E-state index in [1.54, 1.807) is 12.1 Å². The fraction of sp³-hybridized carbons (Fsp3) is 0.500. The number of methoxy groups -OCH3 is 1. The first-order valence-electron chi connectivity index (χ1n) is 4.77. The molecule has 0 amide bonds. The quantitative estimate of drug-likeness (QED) is 0.484. The summed E-state index contributed by atoms with van der Waals surface area (Å²) < 4.78 is 9.08. The standard InChI is InChI=1S/C10H9Cl4NO2/c1-16-8-3-6(2-7(11)15-8)9(5-17-9)4-10(12,13)14/h2-3H,4-5H2,1H3. The summed E-state index contributed by atoms with van der Waals surface area (Å²) in [7, 11) is 1.51. The molecule has 1 atom stereocenters. The van der Waals surface area contributed by atoms with E-state index in [0.717, 1.165) is 5.56 Å². The summed E-state index contributed by atoms with van der Waals surface area (Å²) in [6.45, 7) is 0.490. The van der Waals surface area contributed by atoms with Crippen LogP contribution in [0.2, 0.25) is 5.15 Å². The van der Waals surface area contributed by atoms with Crippen molar-refractivity contribution in [2.45, 2.75) is 15.8 Å². The van der Waals surface area contributed by atoms with Crippen molar-refractivity contribution >= 4 is 46.4 Å². The fourth-order valence-corrected chi connectivity index (χ4v) is 2.47. The topological polar surface area (TPSA) is 34.6 Å². The molecule has 1 aromatic heterocycles. The van der Waals surface area contributed by atoms with Crippen LogP contribution in [0.5, 0.6) is 5.88 Å². The second-order valence-electron chi connectivity index (χ2n) is 3.80. The average molecular weight is 317 g/mol. The molecule has 0 radical (unpaired) electrons. The Hall–Kier alpha value is 0.0700. The molecule has 0 saturated carbocycles. The number of nitrogens with zero attached hydrogens (tertiary/aromatic N) is 1. The van der Waals surface area contributed by atoms with Crippen LogP contribution in [-0.2, 0) is 10.3 Å². The van der Waals surface area contributed by atoms with Crippen LogP contribution >= 0.6 is 46.4 Å². The number of alkyl halides is 3. The van der Waals surface area contributed by atoms with Gasteiger partial charge in [-0.05, 0) is 11.6 Å². The molecule has 1 aliphatic heterocycles. The third kappa shape index (κ3) is 3.30. The van der Waals surface area contributed by atoms with Crippen LogP contribution < -0.4 is 4.74 Å². The van der Waals surface area contributed by atoms with Crippen LogP contribution in [0.1, 0.15) is 12.0 Å². The smallest absolute Gasteiger partial charge is 0.214 e. The van der Waals surface area contributed by atoms with Crippen molar-refractivity contribution in [3.05, 3.63) is 22.8 Å². The van der Waals surface area contributed by atoms with Gasteiger partial charge in [-0.3, -0.25) is 0 Å². The number of hydrogen-bond donors (Lipinski definition) is 0. The molecule has 2 rings (SSSR count). The number of aromatic nitrogens is 1. The van der Waals surface area contributed by atoms with Crippen molar-refractivity contribution < 1.29 is 9.47 Å². The van der Waals surface area contributed by atoms with Crippen molar-refractivity contribution in [2.75, 3.05) is 13.7 Å². The fourth-order valence-electron chi connectivity index (χ4n) is 1.62. The summed E-state index contributed by atoms with van der Waals surface area (Å²) in [6.07, 6.45) is 0.258. The van der Waals surface area contributed by atoms with E-state index in [-0.39, 0.29) is 6.42 Å². The Kier molecular flexibility index (Phi) is 3.68. The lowest BCUT2D eigenvalue weighted by molar-refractivity contribution is 0.293. The van der Waals surface area contributed by atoms with Gasteiger partial charge in [-0.25, -0.2) is 4.98 Å². The molecule has 0 bridgehead atoms. The monoisotopic (exact) mass is 315 g/mol. The zero-order valence-electron chi connectivity index (χ0n) is 8.84. The summed E-state index contributed by atoms with van der Waals surface area (Å²) in [6, 6.07) is 3.42. The Morgan fingerprint density at radius 3 is 2.59 bits per heavy atom. The highest BCUT2D eigenvalue weighted by Gasteiger charge is 2.51. The molecule has 0 N–H and O–H groups in total. The van der Waals surface area contributed by atoms with Gasteiger partial charge in [-0.1, -0.05) is 46.4 Å². The Morgan fingerprint density at radius 1 is 1.47 bits per heavy atom. The first kappa shape index (κ1) is 13.5. The number of rotatable bonds is 3. The molecule has 1 unspecified atom stereocenters. The Bertz CT molecular complexity index is 429. The van der Waals surface area contributed by atoms with Crippen molar-refractivity contribution in [1.29, 1.82) is 0 Å². The molecule has 0 aromatic carbocycles. The van der Waals surface area contributed by atoms with E-state index in [1.807, 2.05) is 0 Å². The van der Waals surface area contributed by atoms with Gasteiger partial charge in [0.15, 0.2) is 3.79 Å². The Balaban J connectivity index is 2.30. The van der Waals surface area contributed by atoms with Crippen LogP contribution in [0.25, 0.3) is 0 Å². The van der Waals surface area contributed by atoms with Gasteiger partial charge in [0.2, 0.25) is 5.88 Å². The van der Waals surface area contributed by atoms with E-state index in [1.165, 1.54) is 7.11 Å². The van der Waals surface area contributed by atoms with Gasteiger partial charge in [-0.15, -0.1) is 0 Å². The molecule has 1 aliphatic rings. The van der Waals surface area contributed by atoms with Crippen molar-refractivity contribution in [3.8, 4) is 5.88 Å². The van der Waals surface area contributed by atoms with Gasteiger partial charge in [-0.2, -0.15) is 0 Å². The van der Waals surface area contributed by atoms with E-state index in [4.69, 9.17) is 55.9 Å². The third-order valence-electron chi connectivity index (χ3n) is 2.48. The SMILES string of the molecule is COc1cc(C2(CC(Cl)(Cl)Cl)CO2)cc(Cl)n1. The first-order valence-corrected chi connectivity index (χ1v) is 6.29. The third-order valence-corrected chi connectivity index (χ3v) is 3.08. The molecule has 94 valence electrons. The van der Waals surface area contributed by atoms with Crippen molar-refractivity contribution in [3.63, 3.8) is 0 Å². The highest BCUT2D eigenvalue weighted by Crippen LogP contribution is 2.50. The molecular formula is C10H9Cl4NO2. The van der Waals surface area contributed by atoms with E-state index in [0.29, 0.717) is 17.6 Å². The lowest BCUT2D eigenvalue weighted by atomic mass is 9.98. The minimum absolute atomic E-state index is 0.258. The summed E-state index contributed by atoms with van der Waals surface area (Å²) in [5, 5.41) is 0.318. The zero-order chi connectivity index (χ0) is 12.7. The lowest BCUT2D eigenvalue weighted by Crippen LogP contribution is -2.18. The molecule has 0 aliphatic carbocycles. The number of pyridine rings is 1. The number of epoxide rings is 1. The normalized spacial score (nSPS) is 23.6. The van der Waals surface area contributed by atoms with Crippen LogP contribution in [0.15, 0.2) is 12.1 Å². The van der Waals surface area contributed by atoms with Gasteiger partial charge in [0.25, 0.3) is 0 Å². The lowest BCUT2D eigenvalue weighted by Gasteiger charge is -2.18. The van der Waals surface area contributed by atoms with Crippen molar-refractivity contribution in [2.24, 2.45) is 0 Å². The van der Waals surface area contributed by atoms with E-state index in [9.17, 15) is 0 Å². The summed E-state index contributed by atoms with van der Waals surface area (Å²) in [5.41, 5.74) is 0.214. The second kappa shape index (κ2) is 4.63. The van der Waals surface area contributed by atoms with Crippen LogP contribution in [0.4, 0.5) is 0 Å². The van der Waals surface area contributed by atoms with E-state index >= 15 is 0 Å². The van der Waals surface area contributed by atoms with Crippen LogP contribution in [-0.4, -0.2) is 22.5 Å². The van der Waals surface area contributed by atoms with Crippen LogP contribution in [0.3, 0.4) is 0 Å². The van der Waals surface area contributed by atoms with Crippen molar-refractivity contribution in [1.82, 2.24) is 4.98 Å². The molecule has 17 heavy (non-hydrogen) atoms. The molecule has 0 spiro atoms. The maximum Gasteiger partial charge on any atom is 0.214 e. The molecular weight excluding hydrogens is 308 g/mol. The van der Waals surface area contributed by atoms with Gasteiger partial charge in [0.05, 0.1) is 13.7 Å². The van der Waals surface area contributed by atoms with E-state index < -0.39 is 9.39 Å². The number of halogens is 4. The van der Waals surface area contributed by atoms with Gasteiger partial charge in [0.1, 0.15) is 10.8 Å². The number of ether oxygens (including phenoxy) is 2. The predicted octanol–water partition coefficient (Wildman–Crippen LogP) is 3.73. The minimum Gasteiger partial charge on any atom is -0.481 e.